The molecule has 0 aromatic heterocycles. The quantitative estimate of drug-likeness (QED) is 0.292. The lowest BCUT2D eigenvalue weighted by Gasteiger charge is -2.22. The fourth-order valence-electron chi connectivity index (χ4n) is 1.15. The first kappa shape index (κ1) is 14.7. The van der Waals surface area contributed by atoms with E-state index >= 15 is 0 Å². The van der Waals surface area contributed by atoms with Gasteiger partial charge in [0.1, 0.15) is 18.3 Å². The Morgan fingerprint density at radius 2 is 1.67 bits per heavy atom. The highest BCUT2D eigenvalue weighted by Crippen LogP contribution is 2.28. The molecule has 0 aromatic carbocycles. The highest BCUT2D eigenvalue weighted by atomic mass is 16.7. The first-order valence-corrected chi connectivity index (χ1v) is 4.55. The molecule has 0 saturated carbocycles. The number of aliphatic hydroxyl groups is 6. The smallest absolute Gasteiger partial charge is 0.219 e. The number of aliphatic hydroxyl groups excluding tert-OH is 5. The standard InChI is InChI=1S/C6H12O6.C2H6O/c7-1-3-4(9)5(10)6(11,2-8)12-3;1-2-3/h3-5,7-11H,1-2H2;3H,2H2,1H3/t3-,4-,5+,6+;/m1./s1. The summed E-state index contributed by atoms with van der Waals surface area (Å²) in [4.78, 5) is 0. The number of hydrogen-bond donors (Lipinski definition) is 6. The normalized spacial score (nSPS) is 39.8. The molecule has 1 saturated heterocycles. The summed E-state index contributed by atoms with van der Waals surface area (Å²) >= 11 is 0. The van der Waals surface area contributed by atoms with Gasteiger partial charge in [-0.2, -0.15) is 0 Å². The minimum absolute atomic E-state index is 0.250. The lowest BCUT2D eigenvalue weighted by atomic mass is 10.1. The van der Waals surface area contributed by atoms with E-state index in [4.69, 9.17) is 25.5 Å². The van der Waals surface area contributed by atoms with E-state index in [-0.39, 0.29) is 6.61 Å². The molecule has 15 heavy (non-hydrogen) atoms. The largest absolute Gasteiger partial charge is 0.397 e. The van der Waals surface area contributed by atoms with Gasteiger partial charge < -0.3 is 35.4 Å². The summed E-state index contributed by atoms with van der Waals surface area (Å²) in [7, 11) is 0. The van der Waals surface area contributed by atoms with Crippen molar-refractivity contribution >= 4 is 0 Å². The third-order valence-electron chi connectivity index (χ3n) is 1.93. The highest BCUT2D eigenvalue weighted by molar-refractivity contribution is 4.94. The van der Waals surface area contributed by atoms with Crippen LogP contribution in [0.4, 0.5) is 0 Å². The van der Waals surface area contributed by atoms with Crippen molar-refractivity contribution in [2.24, 2.45) is 0 Å². The van der Waals surface area contributed by atoms with Crippen molar-refractivity contribution in [3.05, 3.63) is 0 Å². The lowest BCUT2D eigenvalue weighted by molar-refractivity contribution is -0.248. The van der Waals surface area contributed by atoms with Crippen LogP contribution in [0.2, 0.25) is 0 Å². The minimum atomic E-state index is -2.16. The van der Waals surface area contributed by atoms with Crippen LogP contribution in [-0.4, -0.2) is 74.6 Å². The summed E-state index contributed by atoms with van der Waals surface area (Å²) < 4.78 is 4.63. The molecule has 1 aliphatic heterocycles. The van der Waals surface area contributed by atoms with Crippen LogP contribution in [-0.2, 0) is 4.74 Å². The molecule has 92 valence electrons. The molecule has 1 rings (SSSR count). The highest BCUT2D eigenvalue weighted by Gasteiger charge is 2.52. The van der Waals surface area contributed by atoms with Gasteiger partial charge in [0.15, 0.2) is 0 Å². The van der Waals surface area contributed by atoms with Crippen molar-refractivity contribution in [3.8, 4) is 0 Å². The molecule has 0 unspecified atom stereocenters. The Morgan fingerprint density at radius 3 is 1.87 bits per heavy atom. The first-order chi connectivity index (χ1) is 6.96. The monoisotopic (exact) mass is 226 g/mol. The van der Waals surface area contributed by atoms with Crippen LogP contribution >= 0.6 is 0 Å². The first-order valence-electron chi connectivity index (χ1n) is 4.55. The van der Waals surface area contributed by atoms with E-state index in [2.05, 4.69) is 4.74 Å². The van der Waals surface area contributed by atoms with Crippen LogP contribution in [0.5, 0.6) is 0 Å². The second-order valence-corrected chi connectivity index (χ2v) is 3.09. The van der Waals surface area contributed by atoms with E-state index in [9.17, 15) is 5.11 Å². The molecule has 1 aliphatic rings. The second kappa shape index (κ2) is 6.33. The Balaban J connectivity index is 0.000000583. The molecule has 1 fully saturated rings. The van der Waals surface area contributed by atoms with Gasteiger partial charge in [-0.15, -0.1) is 0 Å². The van der Waals surface area contributed by atoms with E-state index in [0.29, 0.717) is 0 Å². The van der Waals surface area contributed by atoms with Gasteiger partial charge in [-0.3, -0.25) is 0 Å². The summed E-state index contributed by atoms with van der Waals surface area (Å²) in [5, 5.41) is 52.2. The molecule has 0 aliphatic carbocycles. The number of ether oxygens (including phenoxy) is 1. The Bertz CT molecular complexity index is 176. The van der Waals surface area contributed by atoms with E-state index in [1.54, 1.807) is 6.92 Å². The van der Waals surface area contributed by atoms with E-state index < -0.39 is 37.3 Å². The Morgan fingerprint density at radius 1 is 1.20 bits per heavy atom. The number of hydrogen-bond acceptors (Lipinski definition) is 7. The van der Waals surface area contributed by atoms with Crippen LogP contribution in [0.15, 0.2) is 0 Å². The molecule has 0 aromatic rings. The van der Waals surface area contributed by atoms with Crippen molar-refractivity contribution in [3.63, 3.8) is 0 Å². The molecule has 1 heterocycles. The van der Waals surface area contributed by atoms with Crippen molar-refractivity contribution in [1.82, 2.24) is 0 Å². The summed E-state index contributed by atoms with van der Waals surface area (Å²) in [6, 6.07) is 0. The van der Waals surface area contributed by atoms with Crippen molar-refractivity contribution in [2.45, 2.75) is 31.0 Å². The predicted octanol–water partition coefficient (Wildman–Crippen LogP) is -3.22. The van der Waals surface area contributed by atoms with Gasteiger partial charge in [0.2, 0.25) is 5.79 Å². The maximum atomic E-state index is 9.25. The average Bonchev–Trinajstić information content (AvgIpc) is 2.45. The van der Waals surface area contributed by atoms with Crippen LogP contribution in [0.25, 0.3) is 0 Å². The van der Waals surface area contributed by atoms with Crippen LogP contribution < -0.4 is 0 Å². The van der Waals surface area contributed by atoms with Gasteiger partial charge in [0.05, 0.1) is 13.2 Å². The van der Waals surface area contributed by atoms with Gasteiger partial charge in [-0.25, -0.2) is 0 Å². The number of rotatable bonds is 2. The third-order valence-corrected chi connectivity index (χ3v) is 1.93. The Labute approximate surface area is 87.2 Å². The molecule has 7 nitrogen and oxygen atoms in total. The molecule has 0 bridgehead atoms. The summed E-state index contributed by atoms with van der Waals surface area (Å²) in [5.41, 5.74) is 0. The van der Waals surface area contributed by atoms with E-state index in [0.717, 1.165) is 0 Å². The molecule has 0 radical (unpaired) electrons. The summed E-state index contributed by atoms with van der Waals surface area (Å²) in [5.74, 6) is -2.16. The average molecular weight is 226 g/mol. The second-order valence-electron chi connectivity index (χ2n) is 3.09. The SMILES string of the molecule is CCO.OC[C@H]1O[C@@](O)(CO)[C@@H](O)[C@@H]1O. The molecule has 4 atom stereocenters. The van der Waals surface area contributed by atoms with Crippen molar-refractivity contribution in [2.75, 3.05) is 19.8 Å². The van der Waals surface area contributed by atoms with Crippen LogP contribution in [0.1, 0.15) is 6.92 Å². The van der Waals surface area contributed by atoms with Crippen molar-refractivity contribution < 1.29 is 35.4 Å². The zero-order valence-electron chi connectivity index (χ0n) is 8.44. The maximum absolute atomic E-state index is 9.25. The molecule has 7 heteroatoms. The molecule has 0 spiro atoms. The third kappa shape index (κ3) is 3.35. The maximum Gasteiger partial charge on any atom is 0.219 e. The molecular weight excluding hydrogens is 208 g/mol. The van der Waals surface area contributed by atoms with Gasteiger partial charge in [-0.1, -0.05) is 0 Å². The van der Waals surface area contributed by atoms with Gasteiger partial charge in [0, 0.05) is 6.61 Å². The minimum Gasteiger partial charge on any atom is -0.397 e. The summed E-state index contributed by atoms with van der Waals surface area (Å²) in [6.45, 7) is 0.572. The Kier molecular flexibility index (Phi) is 6.22. The molecule has 0 amide bonds. The molecular formula is C8H18O7. The van der Waals surface area contributed by atoms with E-state index in [1.807, 2.05) is 0 Å². The fourth-order valence-corrected chi connectivity index (χ4v) is 1.15. The summed E-state index contributed by atoms with van der Waals surface area (Å²) in [6.07, 6.45) is -4.04. The zero-order chi connectivity index (χ0) is 12.1. The van der Waals surface area contributed by atoms with Crippen LogP contribution in [0, 0.1) is 0 Å². The van der Waals surface area contributed by atoms with E-state index in [1.165, 1.54) is 0 Å². The Hall–Kier alpha value is -0.280. The van der Waals surface area contributed by atoms with Crippen molar-refractivity contribution in [1.29, 1.82) is 0 Å². The predicted molar refractivity (Wildman–Crippen MR) is 48.8 cm³/mol. The van der Waals surface area contributed by atoms with Gasteiger partial charge in [-0.05, 0) is 6.92 Å². The zero-order valence-corrected chi connectivity index (χ0v) is 8.44. The van der Waals surface area contributed by atoms with Crippen LogP contribution in [0.3, 0.4) is 0 Å². The van der Waals surface area contributed by atoms with Gasteiger partial charge in [0.25, 0.3) is 0 Å². The fraction of sp³-hybridized carbons (Fsp3) is 1.00. The lowest BCUT2D eigenvalue weighted by Crippen LogP contribution is -2.46. The van der Waals surface area contributed by atoms with Gasteiger partial charge >= 0.3 is 0 Å². The topological polar surface area (TPSA) is 131 Å². The molecule has 6 N–H and O–H groups in total.